The molecule has 0 radical (unpaired) electrons. The molecule has 2 nitrogen and oxygen atoms in total. The van der Waals surface area contributed by atoms with Gasteiger partial charge in [0.15, 0.2) is 5.78 Å². The average molecular weight is 219 g/mol. The lowest BCUT2D eigenvalue weighted by molar-refractivity contribution is 0.0754. The third kappa shape index (κ3) is 2.33. The second kappa shape index (κ2) is 4.38. The van der Waals surface area contributed by atoms with E-state index in [0.717, 1.165) is 16.7 Å². The summed E-state index contributed by atoms with van der Waals surface area (Å²) in [5.41, 5.74) is 2.55. The molecular weight excluding hydrogens is 198 g/mol. The smallest absolute Gasteiger partial charge is 0.182 e. The number of hydrogen-bond donors (Lipinski definition) is 0. The van der Waals surface area contributed by atoms with Gasteiger partial charge in [-0.15, -0.1) is 0 Å². The molecule has 1 aromatic rings. The van der Waals surface area contributed by atoms with E-state index in [-0.39, 0.29) is 5.78 Å². The molecule has 0 saturated heterocycles. The number of Topliss-reactive ketones (excluding diaryl/α,β-unsaturated/α-hetero) is 1. The molecule has 0 amide bonds. The van der Waals surface area contributed by atoms with Crippen molar-refractivity contribution in [3.8, 4) is 0 Å². The Morgan fingerprint density at radius 2 is 1.75 bits per heavy atom. The van der Waals surface area contributed by atoms with Crippen LogP contribution in [0.5, 0.6) is 0 Å². The maximum atomic E-state index is 12.4. The average Bonchev–Trinajstić information content (AvgIpc) is 2.20. The molecule has 0 heterocycles. The molecule has 0 N–H and O–H groups in total. The second-order valence-corrected chi connectivity index (χ2v) is 5.10. The van der Waals surface area contributed by atoms with Gasteiger partial charge in [-0.25, -0.2) is 0 Å². The SMILES string of the molecule is Cc1ccc(C)c(C(=O)C(C)(C)N(C)C)c1. The lowest BCUT2D eigenvalue weighted by Gasteiger charge is -2.31. The zero-order valence-corrected chi connectivity index (χ0v) is 11.1. The largest absolute Gasteiger partial charge is 0.297 e. The van der Waals surface area contributed by atoms with Crippen molar-refractivity contribution >= 4 is 5.78 Å². The Kier molecular flexibility index (Phi) is 3.54. The van der Waals surface area contributed by atoms with Gasteiger partial charge in [-0.05, 0) is 53.4 Å². The number of hydrogen-bond acceptors (Lipinski definition) is 2. The molecule has 0 aromatic heterocycles. The Labute approximate surface area is 98.3 Å². The van der Waals surface area contributed by atoms with Crippen molar-refractivity contribution in [2.24, 2.45) is 0 Å². The van der Waals surface area contributed by atoms with Crippen LogP contribution in [0.15, 0.2) is 18.2 Å². The first-order chi connectivity index (χ1) is 7.26. The lowest BCUT2D eigenvalue weighted by Crippen LogP contribution is -2.45. The number of rotatable bonds is 3. The fourth-order valence-electron chi connectivity index (χ4n) is 1.51. The molecule has 0 aliphatic heterocycles. The molecular formula is C14H21NO. The quantitative estimate of drug-likeness (QED) is 0.729. The van der Waals surface area contributed by atoms with Crippen molar-refractivity contribution in [2.75, 3.05) is 14.1 Å². The van der Waals surface area contributed by atoms with Crippen molar-refractivity contribution in [3.05, 3.63) is 34.9 Å². The van der Waals surface area contributed by atoms with E-state index in [1.165, 1.54) is 0 Å². The predicted molar refractivity (Wildman–Crippen MR) is 68.0 cm³/mol. The highest BCUT2D eigenvalue weighted by Crippen LogP contribution is 2.21. The van der Waals surface area contributed by atoms with E-state index in [2.05, 4.69) is 0 Å². The van der Waals surface area contributed by atoms with E-state index in [1.54, 1.807) is 0 Å². The van der Waals surface area contributed by atoms with Crippen LogP contribution in [0.4, 0.5) is 0 Å². The summed E-state index contributed by atoms with van der Waals surface area (Å²) in [6, 6.07) is 6.02. The van der Waals surface area contributed by atoms with E-state index in [4.69, 9.17) is 0 Å². The van der Waals surface area contributed by atoms with Gasteiger partial charge < -0.3 is 0 Å². The minimum absolute atomic E-state index is 0.179. The molecule has 0 unspecified atom stereocenters. The van der Waals surface area contributed by atoms with E-state index in [9.17, 15) is 4.79 Å². The van der Waals surface area contributed by atoms with Crippen LogP contribution in [-0.4, -0.2) is 30.3 Å². The molecule has 0 aliphatic rings. The first-order valence-corrected chi connectivity index (χ1v) is 5.56. The van der Waals surface area contributed by atoms with Crippen LogP contribution in [0.1, 0.15) is 35.3 Å². The summed E-state index contributed by atoms with van der Waals surface area (Å²) in [4.78, 5) is 14.4. The summed E-state index contributed by atoms with van der Waals surface area (Å²) in [5, 5.41) is 0. The number of nitrogens with zero attached hydrogens (tertiary/aromatic N) is 1. The molecule has 0 bridgehead atoms. The summed E-state index contributed by atoms with van der Waals surface area (Å²) < 4.78 is 0. The van der Waals surface area contributed by atoms with Crippen LogP contribution in [0, 0.1) is 13.8 Å². The van der Waals surface area contributed by atoms with Gasteiger partial charge >= 0.3 is 0 Å². The highest BCUT2D eigenvalue weighted by Gasteiger charge is 2.31. The standard InChI is InChI=1S/C14H21NO/c1-10-7-8-11(2)12(9-10)13(16)14(3,4)15(5)6/h7-9H,1-6H3. The van der Waals surface area contributed by atoms with Gasteiger partial charge in [-0.1, -0.05) is 17.7 Å². The number of likely N-dealkylation sites (N-methyl/N-ethyl adjacent to an activating group) is 1. The van der Waals surface area contributed by atoms with Gasteiger partial charge in [0.25, 0.3) is 0 Å². The van der Waals surface area contributed by atoms with Crippen molar-refractivity contribution in [1.29, 1.82) is 0 Å². The zero-order chi connectivity index (χ0) is 12.5. The summed E-state index contributed by atoms with van der Waals surface area (Å²) >= 11 is 0. The molecule has 0 fully saturated rings. The molecule has 0 spiro atoms. The van der Waals surface area contributed by atoms with E-state index < -0.39 is 5.54 Å². The van der Waals surface area contributed by atoms with Gasteiger partial charge in [-0.2, -0.15) is 0 Å². The molecule has 0 atom stereocenters. The van der Waals surface area contributed by atoms with Crippen LogP contribution < -0.4 is 0 Å². The van der Waals surface area contributed by atoms with E-state index >= 15 is 0 Å². The van der Waals surface area contributed by atoms with Crippen molar-refractivity contribution in [1.82, 2.24) is 4.90 Å². The first kappa shape index (κ1) is 12.9. The first-order valence-electron chi connectivity index (χ1n) is 5.56. The molecule has 0 saturated carbocycles. The van der Waals surface area contributed by atoms with Crippen LogP contribution in [0.3, 0.4) is 0 Å². The van der Waals surface area contributed by atoms with Gasteiger partial charge in [0.1, 0.15) is 0 Å². The number of carbonyl (C=O) groups is 1. The Morgan fingerprint density at radius 1 is 1.19 bits per heavy atom. The van der Waals surface area contributed by atoms with Crippen molar-refractivity contribution in [3.63, 3.8) is 0 Å². The highest BCUT2D eigenvalue weighted by atomic mass is 16.1. The minimum Gasteiger partial charge on any atom is -0.297 e. The molecule has 1 rings (SSSR count). The molecule has 1 aromatic carbocycles. The fraction of sp³-hybridized carbons (Fsp3) is 0.500. The van der Waals surface area contributed by atoms with Crippen LogP contribution >= 0.6 is 0 Å². The minimum atomic E-state index is -0.460. The fourth-order valence-corrected chi connectivity index (χ4v) is 1.51. The number of ketones is 1. The Bertz CT molecular complexity index is 405. The van der Waals surface area contributed by atoms with E-state index in [1.807, 2.05) is 64.9 Å². The Hall–Kier alpha value is -1.15. The summed E-state index contributed by atoms with van der Waals surface area (Å²) in [6.45, 7) is 7.91. The molecule has 2 heteroatoms. The van der Waals surface area contributed by atoms with Crippen LogP contribution in [0.25, 0.3) is 0 Å². The summed E-state index contributed by atoms with van der Waals surface area (Å²) in [7, 11) is 3.87. The molecule has 16 heavy (non-hydrogen) atoms. The Morgan fingerprint density at radius 3 is 2.25 bits per heavy atom. The number of aryl methyl sites for hydroxylation is 2. The van der Waals surface area contributed by atoms with Crippen LogP contribution in [0.2, 0.25) is 0 Å². The van der Waals surface area contributed by atoms with E-state index in [0.29, 0.717) is 0 Å². The topological polar surface area (TPSA) is 20.3 Å². The summed E-state index contributed by atoms with van der Waals surface area (Å²) in [5.74, 6) is 0.179. The van der Waals surface area contributed by atoms with Gasteiger partial charge in [0.05, 0.1) is 5.54 Å². The monoisotopic (exact) mass is 219 g/mol. The lowest BCUT2D eigenvalue weighted by atomic mass is 9.89. The predicted octanol–water partition coefficient (Wildman–Crippen LogP) is 2.83. The third-order valence-corrected chi connectivity index (χ3v) is 3.31. The molecule has 88 valence electrons. The Balaban J connectivity index is 3.19. The third-order valence-electron chi connectivity index (χ3n) is 3.31. The number of carbonyl (C=O) groups excluding carboxylic acids is 1. The van der Waals surface area contributed by atoms with Crippen LogP contribution in [-0.2, 0) is 0 Å². The normalized spacial score (nSPS) is 11.9. The second-order valence-electron chi connectivity index (χ2n) is 5.10. The van der Waals surface area contributed by atoms with Crippen molar-refractivity contribution < 1.29 is 4.79 Å². The van der Waals surface area contributed by atoms with Crippen molar-refractivity contribution in [2.45, 2.75) is 33.2 Å². The maximum Gasteiger partial charge on any atom is 0.182 e. The molecule has 0 aliphatic carbocycles. The van der Waals surface area contributed by atoms with Gasteiger partial charge in [0.2, 0.25) is 0 Å². The number of benzene rings is 1. The summed E-state index contributed by atoms with van der Waals surface area (Å²) in [6.07, 6.45) is 0. The zero-order valence-electron chi connectivity index (χ0n) is 11.1. The highest BCUT2D eigenvalue weighted by molar-refractivity contribution is 6.03. The maximum absolute atomic E-state index is 12.4. The van der Waals surface area contributed by atoms with Gasteiger partial charge in [-0.3, -0.25) is 9.69 Å². The van der Waals surface area contributed by atoms with Gasteiger partial charge in [0, 0.05) is 5.56 Å².